The number of rotatable bonds is 12. The van der Waals surface area contributed by atoms with Crippen molar-refractivity contribution in [2.45, 2.75) is 82.4 Å². The minimum atomic E-state index is -3.98. The number of oxazole rings is 1. The van der Waals surface area contributed by atoms with Gasteiger partial charge in [-0.15, -0.1) is 0 Å². The molecule has 2 fully saturated rings. The molecule has 0 saturated heterocycles. The van der Waals surface area contributed by atoms with Gasteiger partial charge in [0, 0.05) is 18.6 Å². The lowest BCUT2D eigenvalue weighted by Crippen LogP contribution is -2.51. The lowest BCUT2D eigenvalue weighted by molar-refractivity contribution is -0.137. The van der Waals surface area contributed by atoms with Crippen molar-refractivity contribution in [2.75, 3.05) is 11.3 Å². The zero-order chi connectivity index (χ0) is 28.7. The van der Waals surface area contributed by atoms with Crippen LogP contribution >= 0.6 is 0 Å². The van der Waals surface area contributed by atoms with Gasteiger partial charge < -0.3 is 9.15 Å². The van der Waals surface area contributed by atoms with Gasteiger partial charge in [-0.3, -0.25) is 14.7 Å². The highest BCUT2D eigenvalue weighted by Crippen LogP contribution is 2.67. The van der Waals surface area contributed by atoms with Crippen molar-refractivity contribution in [3.05, 3.63) is 66.1 Å². The van der Waals surface area contributed by atoms with E-state index >= 15 is 0 Å². The van der Waals surface area contributed by atoms with Crippen molar-refractivity contribution >= 4 is 27.8 Å². The largest absolute Gasteiger partial charge is 0.432 e. The SMILES string of the molecule is CCCCC1=NC2(CC3(CC3)C2)C(=O)N1Cc1ccc(-c2ccccc2S(=O)(=O)Nc2ncco2)c(COCC)c1. The Bertz CT molecular complexity index is 1570. The Morgan fingerprint density at radius 1 is 1.10 bits per heavy atom. The number of amides is 1. The van der Waals surface area contributed by atoms with Gasteiger partial charge in [-0.05, 0) is 67.2 Å². The molecule has 2 saturated carbocycles. The zero-order valence-corrected chi connectivity index (χ0v) is 24.4. The van der Waals surface area contributed by atoms with Gasteiger partial charge in [-0.2, -0.15) is 0 Å². The number of aromatic nitrogens is 1. The highest BCUT2D eigenvalue weighted by molar-refractivity contribution is 7.92. The first-order valence-electron chi connectivity index (χ1n) is 14.4. The first kappa shape index (κ1) is 27.7. The third-order valence-electron chi connectivity index (χ3n) is 8.44. The molecule has 1 aliphatic heterocycles. The summed E-state index contributed by atoms with van der Waals surface area (Å²) in [7, 11) is -3.98. The van der Waals surface area contributed by atoms with E-state index in [9.17, 15) is 13.2 Å². The van der Waals surface area contributed by atoms with Crippen LogP contribution in [0.25, 0.3) is 11.1 Å². The van der Waals surface area contributed by atoms with E-state index in [2.05, 4.69) is 16.6 Å². The van der Waals surface area contributed by atoms with Crippen LogP contribution < -0.4 is 4.72 Å². The number of nitrogens with one attached hydrogen (secondary N) is 1. The van der Waals surface area contributed by atoms with Crippen LogP contribution in [-0.4, -0.2) is 42.2 Å². The molecule has 1 amide bonds. The lowest BCUT2D eigenvalue weighted by atomic mass is 9.65. The molecule has 0 bridgehead atoms. The zero-order valence-electron chi connectivity index (χ0n) is 23.6. The summed E-state index contributed by atoms with van der Waals surface area (Å²) in [5.41, 5.74) is 2.89. The van der Waals surface area contributed by atoms with E-state index in [-0.39, 0.29) is 16.8 Å². The average Bonchev–Trinajstić information content (AvgIpc) is 3.48. The fourth-order valence-electron chi connectivity index (χ4n) is 6.25. The second-order valence-electron chi connectivity index (χ2n) is 11.5. The molecule has 0 unspecified atom stereocenters. The van der Waals surface area contributed by atoms with Gasteiger partial charge in [0.05, 0.1) is 24.2 Å². The van der Waals surface area contributed by atoms with Crippen molar-refractivity contribution in [2.24, 2.45) is 10.4 Å². The van der Waals surface area contributed by atoms with E-state index in [4.69, 9.17) is 14.1 Å². The number of hydrogen-bond acceptors (Lipinski definition) is 7. The maximum absolute atomic E-state index is 13.7. The van der Waals surface area contributed by atoms with Crippen molar-refractivity contribution in [3.63, 3.8) is 0 Å². The van der Waals surface area contributed by atoms with Gasteiger partial charge in [0.25, 0.3) is 15.9 Å². The van der Waals surface area contributed by atoms with Crippen molar-refractivity contribution in [3.8, 4) is 11.1 Å². The van der Waals surface area contributed by atoms with Crippen molar-refractivity contribution in [1.82, 2.24) is 9.88 Å². The standard InChI is InChI=1S/C31H36N4O5S/c1-3-5-10-27-33-31(20-30(21-31)13-14-30)28(36)35(27)18-22-11-12-24(23(17-22)19-39-4-2)25-8-6-7-9-26(25)41(37,38)34-29-32-15-16-40-29/h6-9,11-12,15-17H,3-5,10,13-14,18-21H2,1-2H3,(H,32,34). The van der Waals surface area contributed by atoms with E-state index in [1.165, 1.54) is 25.3 Å². The minimum Gasteiger partial charge on any atom is -0.432 e. The topological polar surface area (TPSA) is 114 Å². The van der Waals surface area contributed by atoms with E-state index in [0.29, 0.717) is 30.7 Å². The van der Waals surface area contributed by atoms with Gasteiger partial charge in [0.15, 0.2) is 0 Å². The second kappa shape index (κ2) is 10.7. The maximum atomic E-state index is 13.7. The Balaban J connectivity index is 1.31. The number of nitrogens with zero attached hydrogens (tertiary/aromatic N) is 3. The smallest absolute Gasteiger partial charge is 0.308 e. The van der Waals surface area contributed by atoms with Gasteiger partial charge in [-0.1, -0.05) is 49.7 Å². The molecular formula is C31H36N4O5S. The molecule has 2 spiro atoms. The van der Waals surface area contributed by atoms with E-state index in [1.807, 2.05) is 36.1 Å². The molecule has 2 aliphatic carbocycles. The molecule has 6 rings (SSSR count). The van der Waals surface area contributed by atoms with Crippen LogP contribution in [0.3, 0.4) is 0 Å². The van der Waals surface area contributed by atoms with Gasteiger partial charge in [-0.25, -0.2) is 18.1 Å². The molecule has 41 heavy (non-hydrogen) atoms. The molecule has 3 aromatic rings. The number of aliphatic imine (C=N–C) groups is 1. The Morgan fingerprint density at radius 2 is 1.90 bits per heavy atom. The van der Waals surface area contributed by atoms with Gasteiger partial charge >= 0.3 is 6.01 Å². The molecule has 1 N–H and O–H groups in total. The highest BCUT2D eigenvalue weighted by Gasteiger charge is 2.67. The Hall–Kier alpha value is -3.50. The molecule has 2 aromatic carbocycles. The number of amidine groups is 1. The number of carbonyl (C=O) groups excluding carboxylic acids is 1. The number of unbranched alkanes of at least 4 members (excludes halogenated alkanes) is 1. The summed E-state index contributed by atoms with van der Waals surface area (Å²) in [6.45, 7) is 5.32. The molecule has 3 aliphatic rings. The second-order valence-corrected chi connectivity index (χ2v) is 13.1. The summed E-state index contributed by atoms with van der Waals surface area (Å²) in [6.07, 6.45) is 9.71. The normalized spacial score (nSPS) is 18.5. The lowest BCUT2D eigenvalue weighted by Gasteiger charge is -2.42. The number of hydrogen-bond donors (Lipinski definition) is 1. The summed E-state index contributed by atoms with van der Waals surface area (Å²) in [4.78, 5) is 24.7. The summed E-state index contributed by atoms with van der Waals surface area (Å²) >= 11 is 0. The highest BCUT2D eigenvalue weighted by atomic mass is 32.2. The van der Waals surface area contributed by atoms with E-state index in [0.717, 1.165) is 54.6 Å². The number of carbonyl (C=O) groups is 1. The summed E-state index contributed by atoms with van der Waals surface area (Å²) in [5, 5.41) is 0. The minimum absolute atomic E-state index is 0.0997. The van der Waals surface area contributed by atoms with Crippen LogP contribution in [0.4, 0.5) is 6.01 Å². The number of anilines is 1. The molecule has 9 nitrogen and oxygen atoms in total. The molecule has 0 radical (unpaired) electrons. The van der Waals surface area contributed by atoms with Crippen LogP contribution in [0.15, 0.2) is 69.2 Å². The number of benzene rings is 2. The van der Waals surface area contributed by atoms with Crippen LogP contribution in [0.5, 0.6) is 0 Å². The molecule has 2 heterocycles. The summed E-state index contributed by atoms with van der Waals surface area (Å²) in [5.74, 6) is 1.03. The monoisotopic (exact) mass is 576 g/mol. The fraction of sp³-hybridized carbons (Fsp3) is 0.452. The quantitative estimate of drug-likeness (QED) is 0.286. The molecular weight excluding hydrogens is 540 g/mol. The predicted molar refractivity (Wildman–Crippen MR) is 156 cm³/mol. The third kappa shape index (κ3) is 5.30. The summed E-state index contributed by atoms with van der Waals surface area (Å²) < 4.78 is 40.0. The van der Waals surface area contributed by atoms with Crippen LogP contribution in [-0.2, 0) is 32.7 Å². The fourth-order valence-corrected chi connectivity index (χ4v) is 7.42. The van der Waals surface area contributed by atoms with E-state index < -0.39 is 15.6 Å². The average molecular weight is 577 g/mol. The van der Waals surface area contributed by atoms with Crippen molar-refractivity contribution < 1.29 is 22.4 Å². The van der Waals surface area contributed by atoms with Crippen LogP contribution in [0.2, 0.25) is 0 Å². The molecule has 1 aromatic heterocycles. The molecule has 216 valence electrons. The van der Waals surface area contributed by atoms with Crippen LogP contribution in [0, 0.1) is 5.41 Å². The maximum Gasteiger partial charge on any atom is 0.308 e. The van der Waals surface area contributed by atoms with Crippen molar-refractivity contribution in [1.29, 1.82) is 0 Å². The number of ether oxygens (including phenoxy) is 1. The number of sulfonamides is 1. The van der Waals surface area contributed by atoms with Gasteiger partial charge in [0.1, 0.15) is 17.6 Å². The van der Waals surface area contributed by atoms with Crippen LogP contribution in [0.1, 0.15) is 69.9 Å². The Labute approximate surface area is 241 Å². The predicted octanol–water partition coefficient (Wildman–Crippen LogP) is 5.92. The Kier molecular flexibility index (Phi) is 7.23. The summed E-state index contributed by atoms with van der Waals surface area (Å²) in [6, 6.07) is 12.6. The first-order valence-corrected chi connectivity index (χ1v) is 15.9. The van der Waals surface area contributed by atoms with Gasteiger partial charge in [0.2, 0.25) is 0 Å². The third-order valence-corrected chi connectivity index (χ3v) is 9.81. The molecule has 10 heteroatoms. The first-order chi connectivity index (χ1) is 19.8. The molecule has 0 atom stereocenters. The Morgan fingerprint density at radius 3 is 2.61 bits per heavy atom. The van der Waals surface area contributed by atoms with E-state index in [1.54, 1.807) is 18.2 Å².